The number of fused-ring (bicyclic) bond motifs is 1. The fraction of sp³-hybridized carbons (Fsp3) is 0. The van der Waals surface area contributed by atoms with Crippen molar-refractivity contribution < 1.29 is 4.21 Å². The fourth-order valence-electron chi connectivity index (χ4n) is 0.764. The van der Waals surface area contributed by atoms with Crippen LogP contribution >= 0.6 is 0 Å². The van der Waals surface area contributed by atoms with Crippen molar-refractivity contribution in [2.75, 3.05) is 5.73 Å². The van der Waals surface area contributed by atoms with E-state index in [4.69, 9.17) is 5.73 Å². The Kier molecular flexibility index (Phi) is 1.22. The van der Waals surface area contributed by atoms with Crippen LogP contribution in [0.15, 0.2) is 16.1 Å². The SMILES string of the molecule is Nc1ncc2c(n1)N=CS2=O. The Morgan fingerprint density at radius 3 is 3.18 bits per heavy atom. The van der Waals surface area contributed by atoms with Gasteiger partial charge in [0.1, 0.15) is 15.7 Å². The molecule has 0 amide bonds. The summed E-state index contributed by atoms with van der Waals surface area (Å²) in [5.74, 6) is 0.565. The Labute approximate surface area is 64.8 Å². The molecule has 2 heterocycles. The first-order valence-corrected chi connectivity index (χ1v) is 4.06. The highest BCUT2D eigenvalue weighted by Gasteiger charge is 2.15. The number of anilines is 1. The van der Waals surface area contributed by atoms with Crippen molar-refractivity contribution in [2.24, 2.45) is 4.99 Å². The van der Waals surface area contributed by atoms with Crippen molar-refractivity contribution in [1.82, 2.24) is 9.97 Å². The second-order valence-corrected chi connectivity index (χ2v) is 3.19. The molecule has 1 aliphatic rings. The van der Waals surface area contributed by atoms with Crippen LogP contribution in [0.4, 0.5) is 11.8 Å². The molecule has 1 aromatic rings. The summed E-state index contributed by atoms with van der Waals surface area (Å²) in [6.07, 6.45) is 1.43. The summed E-state index contributed by atoms with van der Waals surface area (Å²) < 4.78 is 11.0. The molecule has 0 aliphatic carbocycles. The number of aromatic nitrogens is 2. The van der Waals surface area contributed by atoms with Crippen LogP contribution in [0, 0.1) is 0 Å². The molecule has 2 N–H and O–H groups in total. The molecule has 1 unspecified atom stereocenters. The van der Waals surface area contributed by atoms with Crippen LogP contribution in [-0.2, 0) is 10.8 Å². The monoisotopic (exact) mass is 168 g/mol. The molecule has 6 heteroatoms. The third kappa shape index (κ3) is 0.911. The van der Waals surface area contributed by atoms with Gasteiger partial charge in [-0.3, -0.25) is 0 Å². The summed E-state index contributed by atoms with van der Waals surface area (Å²) >= 11 is 0. The molecular weight excluding hydrogens is 164 g/mol. The van der Waals surface area contributed by atoms with Gasteiger partial charge in [0, 0.05) is 0 Å². The minimum absolute atomic E-state index is 0.153. The molecule has 2 rings (SSSR count). The zero-order chi connectivity index (χ0) is 7.84. The van der Waals surface area contributed by atoms with E-state index in [1.165, 1.54) is 11.7 Å². The van der Waals surface area contributed by atoms with Crippen molar-refractivity contribution in [2.45, 2.75) is 4.90 Å². The molecule has 0 aromatic carbocycles. The van der Waals surface area contributed by atoms with Crippen molar-refractivity contribution in [1.29, 1.82) is 0 Å². The van der Waals surface area contributed by atoms with Crippen LogP contribution in [0.25, 0.3) is 0 Å². The Hall–Kier alpha value is -1.30. The van der Waals surface area contributed by atoms with Gasteiger partial charge in [-0.15, -0.1) is 0 Å². The normalized spacial score (nSPS) is 20.2. The molecule has 11 heavy (non-hydrogen) atoms. The van der Waals surface area contributed by atoms with E-state index < -0.39 is 10.8 Å². The Morgan fingerprint density at radius 1 is 1.55 bits per heavy atom. The van der Waals surface area contributed by atoms with E-state index in [2.05, 4.69) is 15.0 Å². The minimum Gasteiger partial charge on any atom is -0.368 e. The quantitative estimate of drug-likeness (QED) is 0.583. The van der Waals surface area contributed by atoms with Crippen LogP contribution in [0.1, 0.15) is 0 Å². The van der Waals surface area contributed by atoms with Crippen molar-refractivity contribution in [3.63, 3.8) is 0 Å². The highest BCUT2D eigenvalue weighted by molar-refractivity contribution is 7.99. The van der Waals surface area contributed by atoms with Crippen molar-refractivity contribution >= 4 is 28.1 Å². The number of nitrogens with two attached hydrogens (primary N) is 1. The highest BCUT2D eigenvalue weighted by atomic mass is 32.2. The first-order chi connectivity index (χ1) is 5.27. The van der Waals surface area contributed by atoms with E-state index in [1.54, 1.807) is 0 Å². The molecule has 0 saturated carbocycles. The van der Waals surface area contributed by atoms with Crippen LogP contribution in [-0.4, -0.2) is 19.7 Å². The predicted octanol–water partition coefficient (Wildman–Crippen LogP) is -0.160. The second kappa shape index (κ2) is 2.09. The average molecular weight is 168 g/mol. The van der Waals surface area contributed by atoms with Gasteiger partial charge in [-0.25, -0.2) is 14.2 Å². The van der Waals surface area contributed by atoms with Gasteiger partial charge in [0.05, 0.1) is 11.7 Å². The summed E-state index contributed by atoms with van der Waals surface area (Å²) in [5, 5.41) is 0. The lowest BCUT2D eigenvalue weighted by molar-refractivity contribution is 0.690. The van der Waals surface area contributed by atoms with Gasteiger partial charge in [-0.05, 0) is 0 Å². The standard InChI is InChI=1S/C5H4N4OS/c6-5-7-1-3-4(9-5)8-2-11(3)10/h1-2H,(H2,6,7,9). The van der Waals surface area contributed by atoms with Crippen molar-refractivity contribution in [3.05, 3.63) is 6.20 Å². The predicted molar refractivity (Wildman–Crippen MR) is 41.0 cm³/mol. The number of hydrogen-bond acceptors (Lipinski definition) is 5. The van der Waals surface area contributed by atoms with E-state index in [9.17, 15) is 4.21 Å². The molecular formula is C5H4N4OS. The molecule has 0 radical (unpaired) electrons. The molecule has 1 atom stereocenters. The van der Waals surface area contributed by atoms with Crippen LogP contribution in [0.3, 0.4) is 0 Å². The zero-order valence-electron chi connectivity index (χ0n) is 5.39. The molecule has 0 bridgehead atoms. The van der Waals surface area contributed by atoms with Gasteiger partial charge < -0.3 is 5.73 Å². The molecule has 0 fully saturated rings. The van der Waals surface area contributed by atoms with Gasteiger partial charge in [-0.1, -0.05) is 0 Å². The third-order valence-corrected chi connectivity index (χ3v) is 2.26. The van der Waals surface area contributed by atoms with E-state index >= 15 is 0 Å². The number of nitrogen functional groups attached to an aromatic ring is 1. The van der Waals surface area contributed by atoms with Crippen LogP contribution < -0.4 is 5.73 Å². The van der Waals surface area contributed by atoms with E-state index in [1.807, 2.05) is 0 Å². The minimum atomic E-state index is -1.18. The van der Waals surface area contributed by atoms with E-state index in [-0.39, 0.29) is 5.95 Å². The Balaban J connectivity index is 2.66. The van der Waals surface area contributed by atoms with Gasteiger partial charge >= 0.3 is 0 Å². The maximum atomic E-state index is 11.0. The summed E-state index contributed by atoms with van der Waals surface area (Å²) in [6.45, 7) is 0. The molecule has 1 aromatic heterocycles. The molecule has 0 saturated heterocycles. The highest BCUT2D eigenvalue weighted by Crippen LogP contribution is 2.23. The fourth-order valence-corrected chi connectivity index (χ4v) is 1.51. The Morgan fingerprint density at radius 2 is 2.36 bits per heavy atom. The lowest BCUT2D eigenvalue weighted by Crippen LogP contribution is -1.95. The molecule has 56 valence electrons. The summed E-state index contributed by atoms with van der Waals surface area (Å²) in [4.78, 5) is 11.8. The number of nitrogens with zero attached hydrogens (tertiary/aromatic N) is 3. The first-order valence-electron chi connectivity index (χ1n) is 2.84. The van der Waals surface area contributed by atoms with Gasteiger partial charge in [0.15, 0.2) is 5.82 Å². The van der Waals surface area contributed by atoms with Crippen LogP contribution in [0.5, 0.6) is 0 Å². The summed E-state index contributed by atoms with van der Waals surface area (Å²) in [7, 11) is -1.18. The van der Waals surface area contributed by atoms with E-state index in [0.29, 0.717) is 10.7 Å². The lowest BCUT2D eigenvalue weighted by atomic mass is 10.6. The largest absolute Gasteiger partial charge is 0.368 e. The van der Waals surface area contributed by atoms with Gasteiger partial charge in [0.2, 0.25) is 5.95 Å². The van der Waals surface area contributed by atoms with Gasteiger partial charge in [0.25, 0.3) is 0 Å². The van der Waals surface area contributed by atoms with E-state index in [0.717, 1.165) is 0 Å². The summed E-state index contributed by atoms with van der Waals surface area (Å²) in [5.41, 5.74) is 6.60. The van der Waals surface area contributed by atoms with Crippen molar-refractivity contribution in [3.8, 4) is 0 Å². The van der Waals surface area contributed by atoms with Crippen LogP contribution in [0.2, 0.25) is 0 Å². The summed E-state index contributed by atoms with van der Waals surface area (Å²) in [6, 6.07) is 0. The second-order valence-electron chi connectivity index (χ2n) is 1.95. The Bertz CT molecular complexity index is 362. The van der Waals surface area contributed by atoms with Gasteiger partial charge in [-0.2, -0.15) is 4.98 Å². The smallest absolute Gasteiger partial charge is 0.222 e. The number of hydrogen-bond donors (Lipinski definition) is 1. The molecule has 1 aliphatic heterocycles. The maximum absolute atomic E-state index is 11.0. The number of rotatable bonds is 0. The number of aliphatic imine (C=N–C) groups is 1. The lowest BCUT2D eigenvalue weighted by Gasteiger charge is -1.93. The average Bonchev–Trinajstić information content (AvgIpc) is 2.32. The third-order valence-electron chi connectivity index (χ3n) is 1.24. The zero-order valence-corrected chi connectivity index (χ0v) is 6.21. The maximum Gasteiger partial charge on any atom is 0.222 e. The molecule has 0 spiro atoms. The first kappa shape index (κ1) is 6.41. The molecule has 5 nitrogen and oxygen atoms in total. The topological polar surface area (TPSA) is 81.2 Å².